The average Bonchev–Trinajstić information content (AvgIpc) is 3.61. The highest BCUT2D eigenvalue weighted by molar-refractivity contribution is 5.94. The number of aromatic nitrogens is 4. The van der Waals surface area contributed by atoms with Crippen LogP contribution < -0.4 is 5.32 Å². The summed E-state index contributed by atoms with van der Waals surface area (Å²) in [6.07, 6.45) is 10.7. The van der Waals surface area contributed by atoms with Crippen LogP contribution in [0.25, 0.3) is 11.3 Å². The summed E-state index contributed by atoms with van der Waals surface area (Å²) >= 11 is 0. The van der Waals surface area contributed by atoms with Crippen molar-refractivity contribution in [3.8, 4) is 17.3 Å². The van der Waals surface area contributed by atoms with Gasteiger partial charge in [-0.25, -0.2) is 9.97 Å². The number of hydrogen-bond donors (Lipinski definition) is 1. The molecule has 3 heterocycles. The van der Waals surface area contributed by atoms with Gasteiger partial charge in [0.25, 0.3) is 5.91 Å². The van der Waals surface area contributed by atoms with Gasteiger partial charge in [0, 0.05) is 42.3 Å². The number of ether oxygens (including phenoxy) is 1. The molecule has 0 spiro atoms. The maximum absolute atomic E-state index is 12.6. The molecule has 1 aromatic carbocycles. The zero-order valence-electron chi connectivity index (χ0n) is 19.6. The first-order valence-electron chi connectivity index (χ1n) is 12.2. The third kappa shape index (κ3) is 5.33. The molecule has 1 aliphatic heterocycles. The van der Waals surface area contributed by atoms with Gasteiger partial charge >= 0.3 is 0 Å². The van der Waals surface area contributed by atoms with Crippen molar-refractivity contribution in [2.24, 2.45) is 5.92 Å². The van der Waals surface area contributed by atoms with Crippen LogP contribution in [0.2, 0.25) is 0 Å². The van der Waals surface area contributed by atoms with E-state index in [0.29, 0.717) is 50.2 Å². The predicted octanol–water partition coefficient (Wildman–Crippen LogP) is 4.20. The summed E-state index contributed by atoms with van der Waals surface area (Å²) < 4.78 is 7.26. The lowest BCUT2D eigenvalue weighted by Crippen LogP contribution is -2.40. The summed E-state index contributed by atoms with van der Waals surface area (Å²) in [6.45, 7) is 2.40. The molecule has 5 rings (SSSR count). The topological polar surface area (TPSA) is 109 Å². The second-order valence-corrected chi connectivity index (χ2v) is 9.06. The summed E-state index contributed by atoms with van der Waals surface area (Å²) in [5.74, 6) is 0.984. The third-order valence-corrected chi connectivity index (χ3v) is 6.82. The number of carbonyl (C=O) groups excluding carboxylic acids is 1. The Kier molecular flexibility index (Phi) is 7.00. The van der Waals surface area contributed by atoms with E-state index < -0.39 is 0 Å². The molecule has 2 aliphatic rings. The number of nitrogens with zero attached hydrogens (tertiary/aromatic N) is 6. The van der Waals surface area contributed by atoms with E-state index in [1.165, 1.54) is 12.8 Å². The number of morpholine rings is 1. The van der Waals surface area contributed by atoms with E-state index >= 15 is 0 Å². The zero-order chi connectivity index (χ0) is 24.0. The van der Waals surface area contributed by atoms with Gasteiger partial charge in [0.2, 0.25) is 5.95 Å². The van der Waals surface area contributed by atoms with Crippen molar-refractivity contribution in [2.45, 2.75) is 38.1 Å². The summed E-state index contributed by atoms with van der Waals surface area (Å²) in [5, 5.41) is 17.1. The van der Waals surface area contributed by atoms with E-state index in [2.05, 4.69) is 26.5 Å². The van der Waals surface area contributed by atoms with Crippen LogP contribution in [-0.2, 0) is 4.74 Å². The second-order valence-electron chi connectivity index (χ2n) is 9.06. The van der Waals surface area contributed by atoms with E-state index in [4.69, 9.17) is 4.74 Å². The molecule has 9 nitrogen and oxygen atoms in total. The molecule has 0 bridgehead atoms. The first kappa shape index (κ1) is 23.0. The Morgan fingerprint density at radius 3 is 2.69 bits per heavy atom. The quantitative estimate of drug-likeness (QED) is 0.550. The first-order chi connectivity index (χ1) is 17.2. The fraction of sp³-hybridized carbons (Fsp3) is 0.423. The van der Waals surface area contributed by atoms with Gasteiger partial charge < -0.3 is 15.0 Å². The molecule has 1 amide bonds. The van der Waals surface area contributed by atoms with Crippen LogP contribution in [0, 0.1) is 17.2 Å². The Morgan fingerprint density at radius 1 is 1.17 bits per heavy atom. The number of benzene rings is 1. The molecule has 1 N–H and O–H groups in total. The monoisotopic (exact) mass is 471 g/mol. The van der Waals surface area contributed by atoms with Crippen molar-refractivity contribution in [2.75, 3.05) is 31.6 Å². The average molecular weight is 472 g/mol. The Bertz CT molecular complexity index is 1190. The molecule has 0 radical (unpaired) electrons. The van der Waals surface area contributed by atoms with E-state index in [1.807, 2.05) is 46.1 Å². The molecule has 1 unspecified atom stereocenters. The normalized spacial score (nSPS) is 17.2. The maximum Gasteiger partial charge on any atom is 0.254 e. The Hall–Kier alpha value is -3.77. The molecule has 1 aliphatic carbocycles. The number of nitriles is 1. The maximum atomic E-state index is 12.6. The second kappa shape index (κ2) is 10.7. The van der Waals surface area contributed by atoms with Crippen LogP contribution in [0.5, 0.6) is 0 Å². The summed E-state index contributed by atoms with van der Waals surface area (Å²) in [5.41, 5.74) is 3.10. The highest BCUT2D eigenvalue weighted by Crippen LogP contribution is 2.36. The van der Waals surface area contributed by atoms with E-state index in [0.717, 1.165) is 29.8 Å². The van der Waals surface area contributed by atoms with Crippen LogP contribution in [0.4, 0.5) is 11.6 Å². The molecule has 180 valence electrons. The zero-order valence-corrected chi connectivity index (χ0v) is 19.6. The van der Waals surface area contributed by atoms with Crippen LogP contribution in [0.1, 0.15) is 48.5 Å². The summed E-state index contributed by atoms with van der Waals surface area (Å²) in [4.78, 5) is 23.5. The number of hydrogen-bond acceptors (Lipinski definition) is 7. The molecule has 1 saturated heterocycles. The number of anilines is 2. The van der Waals surface area contributed by atoms with Crippen molar-refractivity contribution in [1.82, 2.24) is 24.6 Å². The lowest BCUT2D eigenvalue weighted by molar-refractivity contribution is 0.0303. The molecular formula is C26H29N7O2. The Labute approximate surface area is 204 Å². The SMILES string of the molecule is N#CCC(C1CCCC1)n1cc(-c2ccnc(Nc3ccc(C(=O)N4CCOCC4)cc3)n2)cn1. The van der Waals surface area contributed by atoms with Crippen molar-refractivity contribution >= 4 is 17.5 Å². The minimum Gasteiger partial charge on any atom is -0.378 e. The van der Waals surface area contributed by atoms with Gasteiger partial charge in [0.15, 0.2) is 0 Å². The number of amides is 1. The van der Waals surface area contributed by atoms with Crippen molar-refractivity contribution in [1.29, 1.82) is 5.26 Å². The van der Waals surface area contributed by atoms with Crippen LogP contribution in [-0.4, -0.2) is 56.9 Å². The standard InChI is InChI=1S/C26H29N7O2/c27-11-9-24(19-3-1-2-4-19)33-18-21(17-29-33)23-10-12-28-26(31-23)30-22-7-5-20(6-8-22)25(34)32-13-15-35-16-14-32/h5-8,10,12,17-19,24H,1-4,9,13-16H2,(H,28,30,31). The van der Waals surface area contributed by atoms with Gasteiger partial charge in [-0.1, -0.05) is 12.8 Å². The number of carbonyl (C=O) groups is 1. The Morgan fingerprint density at radius 2 is 1.94 bits per heavy atom. The minimum atomic E-state index is 0.0161. The highest BCUT2D eigenvalue weighted by Gasteiger charge is 2.27. The molecular weight excluding hydrogens is 442 g/mol. The van der Waals surface area contributed by atoms with Crippen molar-refractivity contribution < 1.29 is 9.53 Å². The molecule has 9 heteroatoms. The van der Waals surface area contributed by atoms with E-state index in [1.54, 1.807) is 12.4 Å². The fourth-order valence-corrected chi connectivity index (χ4v) is 4.92. The minimum absolute atomic E-state index is 0.0161. The van der Waals surface area contributed by atoms with Crippen molar-refractivity contribution in [3.05, 3.63) is 54.5 Å². The molecule has 2 fully saturated rings. The van der Waals surface area contributed by atoms with Gasteiger partial charge in [-0.05, 0) is 49.1 Å². The third-order valence-electron chi connectivity index (χ3n) is 6.82. The van der Waals surface area contributed by atoms with Crippen LogP contribution in [0.3, 0.4) is 0 Å². The number of rotatable bonds is 7. The van der Waals surface area contributed by atoms with Crippen LogP contribution in [0.15, 0.2) is 48.9 Å². The fourth-order valence-electron chi connectivity index (χ4n) is 4.92. The molecule has 2 aromatic heterocycles. The largest absolute Gasteiger partial charge is 0.378 e. The van der Waals surface area contributed by atoms with Gasteiger partial charge in [-0.15, -0.1) is 0 Å². The van der Waals surface area contributed by atoms with E-state index in [9.17, 15) is 10.1 Å². The predicted molar refractivity (Wildman–Crippen MR) is 131 cm³/mol. The first-order valence-corrected chi connectivity index (χ1v) is 12.2. The molecule has 35 heavy (non-hydrogen) atoms. The van der Waals surface area contributed by atoms with Gasteiger partial charge in [-0.2, -0.15) is 10.4 Å². The van der Waals surface area contributed by atoms with Crippen molar-refractivity contribution in [3.63, 3.8) is 0 Å². The Balaban J connectivity index is 1.27. The smallest absolute Gasteiger partial charge is 0.254 e. The van der Waals surface area contributed by atoms with Gasteiger partial charge in [0.1, 0.15) is 0 Å². The van der Waals surface area contributed by atoms with E-state index in [-0.39, 0.29) is 11.9 Å². The molecule has 1 saturated carbocycles. The molecule has 1 atom stereocenters. The summed E-state index contributed by atoms with van der Waals surface area (Å²) in [6, 6.07) is 11.6. The van der Waals surface area contributed by atoms with Crippen LogP contribution >= 0.6 is 0 Å². The van der Waals surface area contributed by atoms with Gasteiger partial charge in [0.05, 0.1) is 43.6 Å². The number of nitrogens with one attached hydrogen (secondary N) is 1. The molecule has 3 aromatic rings. The summed E-state index contributed by atoms with van der Waals surface area (Å²) in [7, 11) is 0. The lowest BCUT2D eigenvalue weighted by Gasteiger charge is -2.26. The highest BCUT2D eigenvalue weighted by atomic mass is 16.5. The lowest BCUT2D eigenvalue weighted by atomic mass is 9.96. The van der Waals surface area contributed by atoms with Gasteiger partial charge in [-0.3, -0.25) is 9.48 Å².